The third-order valence-electron chi connectivity index (χ3n) is 4.79. The first-order valence-electron chi connectivity index (χ1n) is 7.95. The van der Waals surface area contributed by atoms with Gasteiger partial charge in [0.2, 0.25) is 0 Å². The number of piperidine rings is 1. The van der Waals surface area contributed by atoms with Crippen LogP contribution in [0.1, 0.15) is 33.6 Å². The van der Waals surface area contributed by atoms with Crippen LogP contribution < -0.4 is 5.32 Å². The lowest BCUT2D eigenvalue weighted by Crippen LogP contribution is -2.71. The van der Waals surface area contributed by atoms with E-state index in [2.05, 4.69) is 22.0 Å². The van der Waals surface area contributed by atoms with Crippen molar-refractivity contribution in [1.29, 1.82) is 0 Å². The molecule has 0 aromatic heterocycles. The van der Waals surface area contributed by atoms with Crippen molar-refractivity contribution in [2.24, 2.45) is 11.3 Å². The summed E-state index contributed by atoms with van der Waals surface area (Å²) in [6.07, 6.45) is 2.85. The van der Waals surface area contributed by atoms with E-state index in [-0.39, 0.29) is 0 Å². The van der Waals surface area contributed by atoms with Gasteiger partial charge >= 0.3 is 0 Å². The summed E-state index contributed by atoms with van der Waals surface area (Å²) in [5.41, 5.74) is 0.712. The van der Waals surface area contributed by atoms with Crippen LogP contribution in [0.3, 0.4) is 0 Å². The molecule has 1 N–H and O–H groups in total. The number of likely N-dealkylation sites (tertiary alicyclic amines) is 2. The van der Waals surface area contributed by atoms with E-state index in [1.807, 2.05) is 13.8 Å². The van der Waals surface area contributed by atoms with Gasteiger partial charge in [0.05, 0.1) is 0 Å². The third-order valence-corrected chi connectivity index (χ3v) is 4.79. The van der Waals surface area contributed by atoms with Gasteiger partial charge in [-0.25, -0.2) is 0 Å². The first-order valence-corrected chi connectivity index (χ1v) is 7.95. The maximum atomic E-state index is 3.41. The zero-order chi connectivity index (χ0) is 13.0. The molecule has 0 radical (unpaired) electrons. The summed E-state index contributed by atoms with van der Waals surface area (Å²) in [6, 6.07) is 0. The van der Waals surface area contributed by atoms with Crippen LogP contribution in [0.25, 0.3) is 0 Å². The van der Waals surface area contributed by atoms with Crippen LogP contribution in [-0.4, -0.2) is 62.2 Å². The van der Waals surface area contributed by atoms with E-state index >= 15 is 0 Å². The molecule has 3 aliphatic rings. The molecule has 3 fully saturated rings. The maximum Gasteiger partial charge on any atom is 0.0207 e. The van der Waals surface area contributed by atoms with Crippen LogP contribution in [0.15, 0.2) is 0 Å². The summed E-state index contributed by atoms with van der Waals surface area (Å²) in [4.78, 5) is 5.27. The Kier molecular flexibility index (Phi) is 5.05. The molecule has 0 aliphatic carbocycles. The van der Waals surface area contributed by atoms with Crippen molar-refractivity contribution in [2.45, 2.75) is 33.6 Å². The van der Waals surface area contributed by atoms with Crippen molar-refractivity contribution >= 4 is 0 Å². The lowest BCUT2D eigenvalue weighted by Gasteiger charge is -2.57. The number of nitrogens with zero attached hydrogens (tertiary/aromatic N) is 2. The van der Waals surface area contributed by atoms with Crippen LogP contribution >= 0.6 is 0 Å². The Morgan fingerprint density at radius 1 is 1.06 bits per heavy atom. The fourth-order valence-electron chi connectivity index (χ4n) is 3.58. The van der Waals surface area contributed by atoms with Crippen molar-refractivity contribution in [3.63, 3.8) is 0 Å². The Labute approximate surface area is 113 Å². The van der Waals surface area contributed by atoms with E-state index in [0.717, 1.165) is 5.92 Å². The van der Waals surface area contributed by atoms with Gasteiger partial charge in [0.25, 0.3) is 0 Å². The van der Waals surface area contributed by atoms with Gasteiger partial charge in [-0.2, -0.15) is 0 Å². The summed E-state index contributed by atoms with van der Waals surface area (Å²) in [5, 5.41) is 3.41. The van der Waals surface area contributed by atoms with Crippen molar-refractivity contribution in [3.8, 4) is 0 Å². The van der Waals surface area contributed by atoms with Gasteiger partial charge in [-0.3, -0.25) is 0 Å². The topological polar surface area (TPSA) is 18.5 Å². The molecule has 1 spiro atoms. The standard InChI is InChI=1S/C13H25N3.C2H6/c1-2-15-5-3-12(4-6-15)7-16-10-13(11-16)8-14-9-13;1-2/h12,14H,2-11H2,1H3;1-2H3. The van der Waals surface area contributed by atoms with Gasteiger partial charge in [0.1, 0.15) is 0 Å². The maximum absolute atomic E-state index is 3.41. The van der Waals surface area contributed by atoms with Crippen LogP contribution in [0, 0.1) is 11.3 Å². The predicted octanol–water partition coefficient (Wildman–Crippen LogP) is 1.65. The highest BCUT2D eigenvalue weighted by molar-refractivity contribution is 5.04. The minimum absolute atomic E-state index is 0.712. The van der Waals surface area contributed by atoms with Crippen molar-refractivity contribution in [3.05, 3.63) is 0 Å². The Bertz CT molecular complexity index is 234. The smallest absolute Gasteiger partial charge is 0.0207 e. The average molecular weight is 253 g/mol. The summed E-state index contributed by atoms with van der Waals surface area (Å²) < 4.78 is 0. The van der Waals surface area contributed by atoms with Gasteiger partial charge in [-0.1, -0.05) is 20.8 Å². The van der Waals surface area contributed by atoms with Crippen LogP contribution in [0.5, 0.6) is 0 Å². The van der Waals surface area contributed by atoms with Gasteiger partial charge in [-0.15, -0.1) is 0 Å². The molecule has 0 atom stereocenters. The van der Waals surface area contributed by atoms with Crippen molar-refractivity contribution < 1.29 is 0 Å². The van der Waals surface area contributed by atoms with E-state index in [0.29, 0.717) is 5.41 Å². The molecule has 3 nitrogen and oxygen atoms in total. The number of hydrogen-bond donors (Lipinski definition) is 1. The van der Waals surface area contributed by atoms with E-state index in [1.165, 1.54) is 65.2 Å². The molecular formula is C15H31N3. The molecule has 0 aromatic rings. The fraction of sp³-hybridized carbons (Fsp3) is 1.00. The predicted molar refractivity (Wildman–Crippen MR) is 77.9 cm³/mol. The molecule has 0 unspecified atom stereocenters. The second kappa shape index (κ2) is 6.36. The Morgan fingerprint density at radius 2 is 1.67 bits per heavy atom. The summed E-state index contributed by atoms with van der Waals surface area (Å²) >= 11 is 0. The number of rotatable bonds is 3. The van der Waals surface area contributed by atoms with E-state index in [9.17, 15) is 0 Å². The minimum Gasteiger partial charge on any atom is -0.315 e. The first-order chi connectivity index (χ1) is 8.80. The van der Waals surface area contributed by atoms with E-state index < -0.39 is 0 Å². The van der Waals surface area contributed by atoms with Gasteiger partial charge < -0.3 is 15.1 Å². The normalized spacial score (nSPS) is 28.2. The first kappa shape index (κ1) is 14.3. The highest BCUT2D eigenvalue weighted by Crippen LogP contribution is 2.35. The lowest BCUT2D eigenvalue weighted by molar-refractivity contribution is -0.0510. The molecule has 0 bridgehead atoms. The van der Waals surface area contributed by atoms with Crippen LogP contribution in [0.4, 0.5) is 0 Å². The van der Waals surface area contributed by atoms with Crippen LogP contribution in [0.2, 0.25) is 0 Å². The molecule has 0 amide bonds. The summed E-state index contributed by atoms with van der Waals surface area (Å²) in [5.74, 6) is 0.980. The molecule has 0 aromatic carbocycles. The molecule has 106 valence electrons. The highest BCUT2D eigenvalue weighted by Gasteiger charge is 2.47. The lowest BCUT2D eigenvalue weighted by atomic mass is 9.74. The molecule has 3 aliphatic heterocycles. The molecule has 18 heavy (non-hydrogen) atoms. The minimum atomic E-state index is 0.712. The fourth-order valence-corrected chi connectivity index (χ4v) is 3.58. The molecule has 3 heteroatoms. The van der Waals surface area contributed by atoms with E-state index in [4.69, 9.17) is 0 Å². The monoisotopic (exact) mass is 253 g/mol. The number of nitrogens with one attached hydrogen (secondary N) is 1. The average Bonchev–Trinajstić information content (AvgIpc) is 2.34. The second-order valence-corrected chi connectivity index (χ2v) is 6.15. The van der Waals surface area contributed by atoms with Gasteiger partial charge in [-0.05, 0) is 38.4 Å². The molecule has 3 rings (SSSR count). The van der Waals surface area contributed by atoms with Gasteiger partial charge in [0, 0.05) is 38.1 Å². The Hall–Kier alpha value is -0.120. The van der Waals surface area contributed by atoms with Crippen molar-refractivity contribution in [2.75, 3.05) is 52.4 Å². The Morgan fingerprint density at radius 3 is 2.11 bits per heavy atom. The third kappa shape index (κ3) is 3.06. The zero-order valence-corrected chi connectivity index (χ0v) is 12.5. The van der Waals surface area contributed by atoms with Crippen molar-refractivity contribution in [1.82, 2.24) is 15.1 Å². The second-order valence-electron chi connectivity index (χ2n) is 6.15. The SMILES string of the molecule is CC.CCN1CCC(CN2CC3(CNC3)C2)CC1. The molecule has 3 heterocycles. The molecule has 3 saturated heterocycles. The quantitative estimate of drug-likeness (QED) is 0.825. The molecule has 0 saturated carbocycles. The number of hydrogen-bond acceptors (Lipinski definition) is 3. The van der Waals surface area contributed by atoms with Crippen LogP contribution in [-0.2, 0) is 0 Å². The Balaban J connectivity index is 0.000000574. The largest absolute Gasteiger partial charge is 0.315 e. The summed E-state index contributed by atoms with van der Waals surface area (Å²) in [6.45, 7) is 16.9. The zero-order valence-electron chi connectivity index (χ0n) is 12.5. The summed E-state index contributed by atoms with van der Waals surface area (Å²) in [7, 11) is 0. The highest BCUT2D eigenvalue weighted by atomic mass is 15.3. The molecular weight excluding hydrogens is 222 g/mol. The van der Waals surface area contributed by atoms with E-state index in [1.54, 1.807) is 0 Å². The van der Waals surface area contributed by atoms with Gasteiger partial charge in [0.15, 0.2) is 0 Å².